The Morgan fingerprint density at radius 1 is 1.21 bits per heavy atom. The molecule has 0 spiro atoms. The number of pyridine rings is 1. The Labute approximate surface area is 108 Å². The third kappa shape index (κ3) is 3.37. The molecule has 0 saturated carbocycles. The third-order valence-corrected chi connectivity index (χ3v) is 2.43. The molecule has 0 atom stereocenters. The van der Waals surface area contributed by atoms with Gasteiger partial charge in [0, 0.05) is 17.8 Å². The quantitative estimate of drug-likeness (QED) is 0.686. The van der Waals surface area contributed by atoms with Gasteiger partial charge in [0.25, 0.3) is 5.91 Å². The van der Waals surface area contributed by atoms with Crippen molar-refractivity contribution in [2.24, 2.45) is 0 Å². The highest BCUT2D eigenvalue weighted by Crippen LogP contribution is 2.07. The van der Waals surface area contributed by atoms with Gasteiger partial charge < -0.3 is 15.4 Å². The lowest BCUT2D eigenvalue weighted by atomic mass is 9.80. The first-order chi connectivity index (χ1) is 9.06. The van der Waals surface area contributed by atoms with Crippen LogP contribution in [0.15, 0.2) is 42.6 Å². The number of carbonyl (C=O) groups excluding carboxylic acids is 1. The lowest BCUT2D eigenvalue weighted by molar-refractivity contribution is 0.102. The summed E-state index contributed by atoms with van der Waals surface area (Å²) in [5, 5.41) is 20.3. The number of hydrogen-bond acceptors (Lipinski definition) is 4. The van der Waals surface area contributed by atoms with Crippen LogP contribution in [-0.4, -0.2) is 28.1 Å². The van der Waals surface area contributed by atoms with Gasteiger partial charge >= 0.3 is 7.12 Å². The van der Waals surface area contributed by atoms with Crippen molar-refractivity contribution in [3.8, 4) is 0 Å². The minimum Gasteiger partial charge on any atom is -0.423 e. The molecule has 0 radical (unpaired) electrons. The second-order valence-electron chi connectivity index (χ2n) is 3.81. The van der Waals surface area contributed by atoms with Crippen molar-refractivity contribution < 1.29 is 19.2 Å². The summed E-state index contributed by atoms with van der Waals surface area (Å²) in [5.41, 5.74) is 0.580. The molecule has 96 valence electrons. The molecule has 0 unspecified atom stereocenters. The van der Waals surface area contributed by atoms with Gasteiger partial charge in [-0.1, -0.05) is 12.1 Å². The van der Waals surface area contributed by atoms with Crippen molar-refractivity contribution in [1.82, 2.24) is 4.98 Å². The summed E-state index contributed by atoms with van der Waals surface area (Å²) in [4.78, 5) is 15.6. The van der Waals surface area contributed by atoms with E-state index in [1.807, 2.05) is 0 Å². The van der Waals surface area contributed by atoms with Crippen LogP contribution in [0.25, 0.3) is 0 Å². The summed E-state index contributed by atoms with van der Waals surface area (Å²) in [5.74, 6) is -0.850. The predicted octanol–water partition coefficient (Wildman–Crippen LogP) is 0.153. The van der Waals surface area contributed by atoms with E-state index in [0.29, 0.717) is 5.56 Å². The number of aromatic nitrogens is 1. The summed E-state index contributed by atoms with van der Waals surface area (Å²) < 4.78 is 12.9. The molecule has 0 fully saturated rings. The van der Waals surface area contributed by atoms with Crippen molar-refractivity contribution in [3.05, 3.63) is 54.0 Å². The molecule has 1 aromatic heterocycles. The van der Waals surface area contributed by atoms with E-state index >= 15 is 0 Å². The van der Waals surface area contributed by atoms with E-state index in [1.165, 1.54) is 36.5 Å². The molecular weight excluding hydrogens is 250 g/mol. The van der Waals surface area contributed by atoms with Gasteiger partial charge in [-0.25, -0.2) is 9.37 Å². The fourth-order valence-corrected chi connectivity index (χ4v) is 1.47. The Bertz CT molecular complexity index is 590. The predicted molar refractivity (Wildman–Crippen MR) is 68.4 cm³/mol. The molecule has 19 heavy (non-hydrogen) atoms. The van der Waals surface area contributed by atoms with Gasteiger partial charge in [0.05, 0.1) is 0 Å². The zero-order valence-electron chi connectivity index (χ0n) is 9.75. The molecule has 2 aromatic rings. The normalized spacial score (nSPS) is 10.1. The highest BCUT2D eigenvalue weighted by atomic mass is 19.1. The van der Waals surface area contributed by atoms with E-state index in [0.717, 1.165) is 6.07 Å². The molecule has 1 heterocycles. The van der Waals surface area contributed by atoms with E-state index in [2.05, 4.69) is 10.3 Å². The van der Waals surface area contributed by atoms with E-state index in [-0.39, 0.29) is 11.3 Å². The number of carbonyl (C=O) groups is 1. The van der Waals surface area contributed by atoms with Gasteiger partial charge in [-0.05, 0) is 23.7 Å². The van der Waals surface area contributed by atoms with E-state index in [1.54, 1.807) is 0 Å². The van der Waals surface area contributed by atoms with Crippen LogP contribution < -0.4 is 10.8 Å². The number of amides is 1. The average molecular weight is 260 g/mol. The second-order valence-corrected chi connectivity index (χ2v) is 3.81. The van der Waals surface area contributed by atoms with Crippen molar-refractivity contribution in [3.63, 3.8) is 0 Å². The molecule has 1 aromatic carbocycles. The summed E-state index contributed by atoms with van der Waals surface area (Å²) in [6.07, 6.45) is 1.25. The molecule has 5 nitrogen and oxygen atoms in total. The molecule has 1 amide bonds. The Morgan fingerprint density at radius 3 is 2.47 bits per heavy atom. The summed E-state index contributed by atoms with van der Waals surface area (Å²) in [6, 6.07) is 7.97. The number of benzene rings is 1. The van der Waals surface area contributed by atoms with E-state index in [4.69, 9.17) is 10.0 Å². The molecule has 0 saturated heterocycles. The monoisotopic (exact) mass is 260 g/mol. The van der Waals surface area contributed by atoms with Crippen LogP contribution in [0.4, 0.5) is 10.2 Å². The van der Waals surface area contributed by atoms with Gasteiger partial charge in [0.15, 0.2) is 0 Å². The van der Waals surface area contributed by atoms with Crippen LogP contribution in [0.3, 0.4) is 0 Å². The Kier molecular flexibility index (Phi) is 3.89. The van der Waals surface area contributed by atoms with Crippen LogP contribution in [0.2, 0.25) is 0 Å². The summed E-state index contributed by atoms with van der Waals surface area (Å²) in [7, 11) is -1.58. The van der Waals surface area contributed by atoms with Gasteiger partial charge in [0.1, 0.15) is 11.6 Å². The van der Waals surface area contributed by atoms with Gasteiger partial charge in [0.2, 0.25) is 0 Å². The van der Waals surface area contributed by atoms with Gasteiger partial charge in [-0.3, -0.25) is 4.79 Å². The number of rotatable bonds is 3. The highest BCUT2D eigenvalue weighted by molar-refractivity contribution is 6.58. The molecule has 0 aliphatic carbocycles. The molecule has 2 rings (SSSR count). The van der Waals surface area contributed by atoms with E-state index < -0.39 is 18.8 Å². The van der Waals surface area contributed by atoms with Crippen molar-refractivity contribution in [2.75, 3.05) is 5.32 Å². The van der Waals surface area contributed by atoms with Crippen molar-refractivity contribution in [1.29, 1.82) is 0 Å². The fraction of sp³-hybridized carbons (Fsp3) is 0. The minimum absolute atomic E-state index is 0.108. The summed E-state index contributed by atoms with van der Waals surface area (Å²) >= 11 is 0. The van der Waals surface area contributed by atoms with E-state index in [9.17, 15) is 9.18 Å². The van der Waals surface area contributed by atoms with Crippen molar-refractivity contribution >= 4 is 24.3 Å². The smallest absolute Gasteiger partial charge is 0.423 e. The minimum atomic E-state index is -1.58. The number of nitrogens with zero attached hydrogens (tertiary/aromatic N) is 1. The SMILES string of the molecule is O=C(Nc1cc(F)ccn1)c1ccc(B(O)O)cc1. The zero-order valence-corrected chi connectivity index (χ0v) is 9.75. The first-order valence-electron chi connectivity index (χ1n) is 5.45. The maximum atomic E-state index is 12.9. The van der Waals surface area contributed by atoms with Crippen LogP contribution >= 0.6 is 0 Å². The number of hydrogen-bond donors (Lipinski definition) is 3. The Morgan fingerprint density at radius 2 is 1.89 bits per heavy atom. The number of halogens is 1. The topological polar surface area (TPSA) is 82.5 Å². The zero-order chi connectivity index (χ0) is 13.8. The average Bonchev–Trinajstić information content (AvgIpc) is 2.39. The standard InChI is InChI=1S/C12H10BFN2O3/c14-10-5-6-15-11(7-10)16-12(17)8-1-3-9(4-2-8)13(18)19/h1-7,18-19H,(H,15,16,17). The van der Waals surface area contributed by atoms with Crippen molar-refractivity contribution in [2.45, 2.75) is 0 Å². The van der Waals surface area contributed by atoms with Crippen LogP contribution in [0.1, 0.15) is 10.4 Å². The molecule has 7 heteroatoms. The first kappa shape index (κ1) is 13.2. The maximum absolute atomic E-state index is 12.9. The molecule has 3 N–H and O–H groups in total. The second kappa shape index (κ2) is 5.60. The number of anilines is 1. The fourth-order valence-electron chi connectivity index (χ4n) is 1.47. The largest absolute Gasteiger partial charge is 0.488 e. The maximum Gasteiger partial charge on any atom is 0.488 e. The highest BCUT2D eigenvalue weighted by Gasteiger charge is 2.12. The Hall–Kier alpha value is -2.25. The Balaban J connectivity index is 2.11. The molecule has 0 aliphatic rings. The lowest BCUT2D eigenvalue weighted by Crippen LogP contribution is -2.29. The van der Waals surface area contributed by atoms with Crippen LogP contribution in [-0.2, 0) is 0 Å². The molecular formula is C12H10BFN2O3. The van der Waals surface area contributed by atoms with Gasteiger partial charge in [-0.2, -0.15) is 0 Å². The lowest BCUT2D eigenvalue weighted by Gasteiger charge is -2.05. The van der Waals surface area contributed by atoms with Crippen LogP contribution in [0.5, 0.6) is 0 Å². The summed E-state index contributed by atoms with van der Waals surface area (Å²) in [6.45, 7) is 0. The third-order valence-electron chi connectivity index (χ3n) is 2.43. The van der Waals surface area contributed by atoms with Crippen LogP contribution in [0, 0.1) is 5.82 Å². The first-order valence-corrected chi connectivity index (χ1v) is 5.45. The molecule has 0 bridgehead atoms. The van der Waals surface area contributed by atoms with Gasteiger partial charge in [-0.15, -0.1) is 0 Å². The molecule has 0 aliphatic heterocycles. The number of nitrogens with one attached hydrogen (secondary N) is 1.